The van der Waals surface area contributed by atoms with Crippen LogP contribution in [0.4, 0.5) is 22.0 Å². The summed E-state index contributed by atoms with van der Waals surface area (Å²) in [5.74, 6) is -8.00. The number of methoxy groups -OCH3 is 1. The summed E-state index contributed by atoms with van der Waals surface area (Å²) in [5.41, 5.74) is 2.13. The standard InChI is InChI=1S/C18H21F5N2O4/c1-7-11(9-5-6-10(19)12(20)13(9)28-4)14(16(27)25-8(2)15(24)26)29-17(7,3)18(21,22)23/h5-8,11,14H,1-4H3,(H2,24,26)(H,25,27)/t7-,8+,11-,14+,17+/m0/s1. The van der Waals surface area contributed by atoms with Gasteiger partial charge in [0.1, 0.15) is 12.1 Å². The van der Waals surface area contributed by atoms with Crippen molar-refractivity contribution in [2.45, 2.75) is 50.6 Å². The number of hydrogen-bond acceptors (Lipinski definition) is 4. The maximum Gasteiger partial charge on any atom is 0.417 e. The van der Waals surface area contributed by atoms with Crippen molar-refractivity contribution >= 4 is 11.8 Å². The van der Waals surface area contributed by atoms with E-state index in [1.165, 1.54) is 13.8 Å². The second kappa shape index (κ2) is 7.77. The van der Waals surface area contributed by atoms with Gasteiger partial charge in [-0.1, -0.05) is 13.0 Å². The number of nitrogens with one attached hydrogen (secondary N) is 1. The molecule has 29 heavy (non-hydrogen) atoms. The summed E-state index contributed by atoms with van der Waals surface area (Å²) < 4.78 is 79.0. The highest BCUT2D eigenvalue weighted by Gasteiger charge is 2.66. The van der Waals surface area contributed by atoms with Gasteiger partial charge in [0.25, 0.3) is 0 Å². The Morgan fingerprint density at radius 3 is 2.38 bits per heavy atom. The third-order valence-corrected chi connectivity index (χ3v) is 5.36. The molecule has 0 unspecified atom stereocenters. The largest absolute Gasteiger partial charge is 0.493 e. The molecule has 5 atom stereocenters. The minimum absolute atomic E-state index is 0.168. The van der Waals surface area contributed by atoms with Gasteiger partial charge in [-0.3, -0.25) is 9.59 Å². The molecular weight excluding hydrogens is 403 g/mol. The topological polar surface area (TPSA) is 90.6 Å². The molecule has 0 aromatic heterocycles. The maximum atomic E-state index is 14.2. The lowest BCUT2D eigenvalue weighted by atomic mass is 9.77. The van der Waals surface area contributed by atoms with Gasteiger partial charge in [-0.05, 0) is 19.9 Å². The minimum Gasteiger partial charge on any atom is -0.493 e. The fourth-order valence-electron chi connectivity index (χ4n) is 3.41. The number of rotatable bonds is 5. The highest BCUT2D eigenvalue weighted by molar-refractivity contribution is 5.89. The van der Waals surface area contributed by atoms with Gasteiger partial charge in [0, 0.05) is 17.4 Å². The van der Waals surface area contributed by atoms with Gasteiger partial charge in [-0.2, -0.15) is 17.6 Å². The van der Waals surface area contributed by atoms with Crippen LogP contribution in [0.1, 0.15) is 32.3 Å². The molecule has 1 aromatic carbocycles. The van der Waals surface area contributed by atoms with Crippen molar-refractivity contribution in [3.05, 3.63) is 29.3 Å². The summed E-state index contributed by atoms with van der Waals surface area (Å²) >= 11 is 0. The van der Waals surface area contributed by atoms with Crippen molar-refractivity contribution < 1.29 is 41.0 Å². The lowest BCUT2D eigenvalue weighted by molar-refractivity contribution is -0.272. The lowest BCUT2D eigenvalue weighted by Gasteiger charge is -2.32. The van der Waals surface area contributed by atoms with Crippen molar-refractivity contribution in [2.75, 3.05) is 7.11 Å². The molecule has 11 heteroatoms. The zero-order valence-electron chi connectivity index (χ0n) is 16.1. The Morgan fingerprint density at radius 1 is 1.31 bits per heavy atom. The number of ether oxygens (including phenoxy) is 2. The van der Waals surface area contributed by atoms with Crippen LogP contribution >= 0.6 is 0 Å². The Morgan fingerprint density at radius 2 is 1.90 bits per heavy atom. The van der Waals surface area contributed by atoms with Gasteiger partial charge in [0.05, 0.1) is 7.11 Å². The number of halogens is 5. The summed E-state index contributed by atoms with van der Waals surface area (Å²) in [7, 11) is 1.02. The number of amides is 2. The molecule has 1 aromatic rings. The molecule has 0 saturated carbocycles. The molecule has 2 rings (SSSR count). The van der Waals surface area contributed by atoms with Crippen LogP contribution in [-0.4, -0.2) is 42.8 Å². The van der Waals surface area contributed by atoms with E-state index in [9.17, 15) is 31.5 Å². The van der Waals surface area contributed by atoms with E-state index in [2.05, 4.69) is 5.32 Å². The van der Waals surface area contributed by atoms with Crippen molar-refractivity contribution in [1.82, 2.24) is 5.32 Å². The van der Waals surface area contributed by atoms with Gasteiger partial charge < -0.3 is 20.5 Å². The first-order chi connectivity index (χ1) is 13.3. The first-order valence-corrected chi connectivity index (χ1v) is 8.62. The van der Waals surface area contributed by atoms with Gasteiger partial charge in [0.15, 0.2) is 17.2 Å². The number of benzene rings is 1. The van der Waals surface area contributed by atoms with Crippen LogP contribution in [0.15, 0.2) is 12.1 Å². The van der Waals surface area contributed by atoms with Crippen molar-refractivity contribution in [3.8, 4) is 5.75 Å². The van der Waals surface area contributed by atoms with Crippen molar-refractivity contribution in [3.63, 3.8) is 0 Å². The van der Waals surface area contributed by atoms with E-state index in [4.69, 9.17) is 15.2 Å². The SMILES string of the molecule is COc1c([C@H]2[C@H](C(=O)N[C@H](C)C(N)=O)O[C@@](C)(C(F)(F)F)[C@H]2C)ccc(F)c1F. The third-order valence-electron chi connectivity index (χ3n) is 5.36. The Labute approximate surface area is 163 Å². The van der Waals surface area contributed by atoms with Crippen LogP contribution in [0.25, 0.3) is 0 Å². The molecule has 1 aliphatic rings. The highest BCUT2D eigenvalue weighted by atomic mass is 19.4. The molecule has 0 aliphatic carbocycles. The predicted molar refractivity (Wildman–Crippen MR) is 90.9 cm³/mol. The Bertz CT molecular complexity index is 816. The number of alkyl halides is 3. The smallest absolute Gasteiger partial charge is 0.417 e. The van der Waals surface area contributed by atoms with E-state index in [-0.39, 0.29) is 5.56 Å². The fourth-order valence-corrected chi connectivity index (χ4v) is 3.41. The van der Waals surface area contributed by atoms with Gasteiger partial charge in [-0.25, -0.2) is 4.39 Å². The first kappa shape index (κ1) is 22.9. The zero-order chi connectivity index (χ0) is 22.3. The second-order valence-corrected chi connectivity index (χ2v) is 7.07. The van der Waals surface area contributed by atoms with E-state index in [0.717, 1.165) is 26.2 Å². The van der Waals surface area contributed by atoms with Gasteiger partial charge in [0.2, 0.25) is 17.6 Å². The molecular formula is C18H21F5N2O4. The summed E-state index contributed by atoms with van der Waals surface area (Å²) in [4.78, 5) is 23.8. The first-order valence-electron chi connectivity index (χ1n) is 8.62. The van der Waals surface area contributed by atoms with Crippen molar-refractivity contribution in [1.29, 1.82) is 0 Å². The maximum absolute atomic E-state index is 14.2. The summed E-state index contributed by atoms with van der Waals surface area (Å²) in [5, 5.41) is 2.18. The summed E-state index contributed by atoms with van der Waals surface area (Å²) in [6.07, 6.45) is -6.64. The molecule has 6 nitrogen and oxygen atoms in total. The van der Waals surface area contributed by atoms with E-state index >= 15 is 0 Å². The lowest BCUT2D eigenvalue weighted by Crippen LogP contribution is -2.49. The predicted octanol–water partition coefficient (Wildman–Crippen LogP) is 2.40. The van der Waals surface area contributed by atoms with Crippen LogP contribution in [0.5, 0.6) is 5.75 Å². The number of primary amides is 1. The summed E-state index contributed by atoms with van der Waals surface area (Å²) in [6.45, 7) is 3.19. The van der Waals surface area contributed by atoms with Crippen molar-refractivity contribution in [2.24, 2.45) is 11.7 Å². The minimum atomic E-state index is -4.87. The van der Waals surface area contributed by atoms with Gasteiger partial charge >= 0.3 is 6.18 Å². The molecule has 1 saturated heterocycles. The molecule has 0 radical (unpaired) electrons. The van der Waals surface area contributed by atoms with Gasteiger partial charge in [-0.15, -0.1) is 0 Å². The number of hydrogen-bond donors (Lipinski definition) is 2. The average Bonchev–Trinajstić information content (AvgIpc) is 2.89. The third kappa shape index (κ3) is 3.87. The molecule has 1 aliphatic heterocycles. The number of carbonyl (C=O) groups is 2. The molecule has 3 N–H and O–H groups in total. The van der Waals surface area contributed by atoms with E-state index in [1.807, 2.05) is 0 Å². The average molecular weight is 424 g/mol. The fraction of sp³-hybridized carbons (Fsp3) is 0.556. The molecule has 1 heterocycles. The van der Waals surface area contributed by atoms with Crippen LogP contribution in [-0.2, 0) is 14.3 Å². The van der Waals surface area contributed by atoms with E-state index < -0.39 is 65.0 Å². The molecule has 162 valence electrons. The Balaban J connectivity index is 2.60. The quantitative estimate of drug-likeness (QED) is 0.711. The normalized spacial score (nSPS) is 28.1. The zero-order valence-corrected chi connectivity index (χ0v) is 16.1. The monoisotopic (exact) mass is 424 g/mol. The molecule has 2 amide bonds. The Hall–Kier alpha value is -2.43. The van der Waals surface area contributed by atoms with Crippen LogP contribution in [0.2, 0.25) is 0 Å². The molecule has 1 fully saturated rings. The molecule has 0 bridgehead atoms. The summed E-state index contributed by atoms with van der Waals surface area (Å²) in [6, 6.07) is 0.581. The number of carbonyl (C=O) groups excluding carboxylic acids is 2. The molecule has 0 spiro atoms. The van der Waals surface area contributed by atoms with Crippen LogP contribution < -0.4 is 15.8 Å². The Kier molecular flexibility index (Phi) is 6.12. The van der Waals surface area contributed by atoms with Crippen LogP contribution in [0, 0.1) is 17.6 Å². The van der Waals surface area contributed by atoms with E-state index in [0.29, 0.717) is 0 Å². The highest BCUT2D eigenvalue weighted by Crippen LogP contribution is 2.54. The van der Waals surface area contributed by atoms with E-state index in [1.54, 1.807) is 0 Å². The second-order valence-electron chi connectivity index (χ2n) is 7.07. The number of nitrogens with two attached hydrogens (primary N) is 1. The van der Waals surface area contributed by atoms with Crippen LogP contribution in [0.3, 0.4) is 0 Å².